The van der Waals surface area contributed by atoms with E-state index in [0.29, 0.717) is 17.7 Å². The van der Waals surface area contributed by atoms with E-state index in [0.717, 1.165) is 22.6 Å². The summed E-state index contributed by atoms with van der Waals surface area (Å²) in [7, 11) is 0. The molecule has 1 fully saturated rings. The molecule has 0 unspecified atom stereocenters. The molecule has 1 saturated heterocycles. The average Bonchev–Trinajstić information content (AvgIpc) is 3.05. The molecule has 3 aliphatic heterocycles. The maximum absolute atomic E-state index is 15.1. The Bertz CT molecular complexity index is 1510. The summed E-state index contributed by atoms with van der Waals surface area (Å²) in [5.74, 6) is -2.92. The van der Waals surface area contributed by atoms with Gasteiger partial charge in [0.1, 0.15) is 6.17 Å². The van der Waals surface area contributed by atoms with Crippen LogP contribution in [0.3, 0.4) is 0 Å². The second kappa shape index (κ2) is 8.37. The van der Waals surface area contributed by atoms with Crippen molar-refractivity contribution in [2.75, 3.05) is 11.6 Å². The highest BCUT2D eigenvalue weighted by Gasteiger charge is 2.46. The Morgan fingerprint density at radius 1 is 1.06 bits per heavy atom. The zero-order valence-corrected chi connectivity index (χ0v) is 19.6. The molecular formula is C25H20F2N4O4S. The Morgan fingerprint density at radius 3 is 2.67 bits per heavy atom. The Labute approximate surface area is 208 Å². The highest BCUT2D eigenvalue weighted by molar-refractivity contribution is 7.98. The van der Waals surface area contributed by atoms with Crippen molar-refractivity contribution in [3.63, 3.8) is 0 Å². The molecule has 3 aliphatic rings. The van der Waals surface area contributed by atoms with Crippen LogP contribution in [0, 0.1) is 11.6 Å². The first-order valence-electron chi connectivity index (χ1n) is 11.3. The quantitative estimate of drug-likeness (QED) is 0.384. The first-order valence-corrected chi connectivity index (χ1v) is 12.3. The number of carbonyl (C=O) groups is 1. The van der Waals surface area contributed by atoms with E-state index in [2.05, 4.69) is 5.16 Å². The van der Waals surface area contributed by atoms with Crippen LogP contribution < -0.4 is 10.4 Å². The number of aromatic nitrogens is 1. The first-order chi connectivity index (χ1) is 17.4. The van der Waals surface area contributed by atoms with Gasteiger partial charge in [0.25, 0.3) is 5.91 Å². The Hall–Kier alpha value is -3.86. The predicted molar refractivity (Wildman–Crippen MR) is 128 cm³/mol. The first kappa shape index (κ1) is 22.6. The lowest BCUT2D eigenvalue weighted by atomic mass is 9.91. The zero-order chi connectivity index (χ0) is 25.1. The van der Waals surface area contributed by atoms with E-state index in [9.17, 15) is 24.3 Å². The van der Waals surface area contributed by atoms with Gasteiger partial charge in [-0.1, -0.05) is 29.4 Å². The lowest BCUT2D eigenvalue weighted by Gasteiger charge is -2.51. The van der Waals surface area contributed by atoms with E-state index in [1.165, 1.54) is 33.6 Å². The van der Waals surface area contributed by atoms with Gasteiger partial charge >= 0.3 is 0 Å². The number of hydrogen-bond acceptors (Lipinski definition) is 7. The van der Waals surface area contributed by atoms with Crippen LogP contribution in [0.25, 0.3) is 0 Å². The van der Waals surface area contributed by atoms with Gasteiger partial charge in [-0.2, -0.15) is 0 Å². The molecule has 6 rings (SSSR count). The van der Waals surface area contributed by atoms with Gasteiger partial charge < -0.3 is 15.2 Å². The monoisotopic (exact) mass is 510 g/mol. The topological polar surface area (TPSA) is 98.4 Å². The average molecular weight is 511 g/mol. The minimum absolute atomic E-state index is 0.180. The Morgan fingerprint density at radius 2 is 1.86 bits per heavy atom. The van der Waals surface area contributed by atoms with E-state index in [1.807, 2.05) is 24.3 Å². The van der Waals surface area contributed by atoms with E-state index in [1.54, 1.807) is 5.01 Å². The summed E-state index contributed by atoms with van der Waals surface area (Å²) >= 11 is 1.38. The zero-order valence-electron chi connectivity index (χ0n) is 18.8. The maximum atomic E-state index is 15.1. The summed E-state index contributed by atoms with van der Waals surface area (Å²) in [5.41, 5.74) is 1.05. The van der Waals surface area contributed by atoms with Gasteiger partial charge in [0, 0.05) is 47.9 Å². The molecule has 2 aromatic carbocycles. The van der Waals surface area contributed by atoms with E-state index >= 15 is 4.39 Å². The maximum Gasteiger partial charge on any atom is 0.278 e. The fraction of sp³-hybridized carbons (Fsp3) is 0.240. The van der Waals surface area contributed by atoms with Gasteiger partial charge in [0.05, 0.1) is 11.8 Å². The van der Waals surface area contributed by atoms with Gasteiger partial charge in [-0.3, -0.25) is 19.3 Å². The molecule has 0 spiro atoms. The van der Waals surface area contributed by atoms with Crippen molar-refractivity contribution < 1.29 is 23.9 Å². The summed E-state index contributed by atoms with van der Waals surface area (Å²) in [6, 6.07) is 10.5. The molecule has 0 saturated carbocycles. The van der Waals surface area contributed by atoms with Crippen molar-refractivity contribution in [1.29, 1.82) is 0 Å². The van der Waals surface area contributed by atoms with Crippen LogP contribution in [0.2, 0.25) is 0 Å². The number of thioether (sulfide) groups is 1. The molecule has 36 heavy (non-hydrogen) atoms. The lowest BCUT2D eigenvalue weighted by Crippen LogP contribution is -2.64. The van der Waals surface area contributed by atoms with Crippen molar-refractivity contribution in [3.05, 3.63) is 92.9 Å². The van der Waals surface area contributed by atoms with Crippen molar-refractivity contribution in [2.45, 2.75) is 35.7 Å². The number of aromatic hydroxyl groups is 1. The van der Waals surface area contributed by atoms with Gasteiger partial charge in [0.15, 0.2) is 23.1 Å². The molecule has 1 amide bonds. The highest BCUT2D eigenvalue weighted by atomic mass is 32.2. The van der Waals surface area contributed by atoms with E-state index < -0.39 is 40.9 Å². The number of benzene rings is 2. The van der Waals surface area contributed by atoms with Crippen molar-refractivity contribution >= 4 is 23.4 Å². The Balaban J connectivity index is 1.68. The fourth-order valence-corrected chi connectivity index (χ4v) is 6.44. The lowest BCUT2D eigenvalue weighted by molar-refractivity contribution is 0.0539. The normalized spacial score (nSPS) is 21.9. The molecule has 1 aromatic heterocycles. The molecule has 184 valence electrons. The smallest absolute Gasteiger partial charge is 0.278 e. The molecule has 11 heteroatoms. The molecule has 2 N–H and O–H groups in total. The number of piperidine rings is 1. The molecule has 8 nitrogen and oxygen atoms in total. The molecule has 3 aromatic rings. The van der Waals surface area contributed by atoms with Crippen molar-refractivity contribution in [1.82, 2.24) is 9.58 Å². The summed E-state index contributed by atoms with van der Waals surface area (Å²) in [6.07, 6.45) is 1.21. The molecular weight excluding hydrogens is 490 g/mol. The summed E-state index contributed by atoms with van der Waals surface area (Å²) in [4.78, 5) is 28.1. The van der Waals surface area contributed by atoms with Crippen LogP contribution >= 0.6 is 11.8 Å². The number of pyridine rings is 1. The number of rotatable bonds is 1. The number of halogens is 2. The number of amides is 1. The SMILES string of the molecule is O=C1c2c(O)c(=O)ccn2N([C@@H]2c3ccccc3SCc3c2ccc(F)c3F)[C@@H]2CC(=NO)CCN12. The third-order valence-electron chi connectivity index (χ3n) is 7.01. The number of oxime groups is 1. The Kier molecular flexibility index (Phi) is 5.25. The van der Waals surface area contributed by atoms with Crippen LogP contribution in [0.4, 0.5) is 8.78 Å². The molecule has 0 aliphatic carbocycles. The summed E-state index contributed by atoms with van der Waals surface area (Å²) in [5, 5.41) is 25.4. The molecule has 4 heterocycles. The fourth-order valence-electron chi connectivity index (χ4n) is 5.32. The number of fused-ring (bicyclic) bond motifs is 4. The van der Waals surface area contributed by atoms with E-state index in [-0.39, 0.29) is 30.0 Å². The molecule has 2 atom stereocenters. The standard InChI is InChI=1S/C25H20F2N4O4S/c26-17-6-5-14-16(21(17)27)12-36-19-4-2-1-3-15(19)22(14)31-20-11-13(28-35)7-9-29(20)25(34)23-24(33)18(32)8-10-30(23)31/h1-6,8,10,20,22,33,35H,7,9,11-12H2/t20-,22+/m1/s1. The van der Waals surface area contributed by atoms with Crippen LogP contribution in [-0.4, -0.2) is 44.2 Å². The second-order valence-corrected chi connectivity index (χ2v) is 9.88. The van der Waals surface area contributed by atoms with Crippen molar-refractivity contribution in [2.24, 2.45) is 5.16 Å². The van der Waals surface area contributed by atoms with Crippen LogP contribution in [-0.2, 0) is 5.75 Å². The third-order valence-corrected chi connectivity index (χ3v) is 8.13. The minimum atomic E-state index is -0.955. The van der Waals surface area contributed by atoms with E-state index in [4.69, 9.17) is 0 Å². The number of carbonyl (C=O) groups excluding carboxylic acids is 1. The molecule has 0 bridgehead atoms. The minimum Gasteiger partial charge on any atom is -0.502 e. The summed E-state index contributed by atoms with van der Waals surface area (Å²) in [6.45, 7) is 0.190. The number of nitrogens with zero attached hydrogens (tertiary/aromatic N) is 4. The summed E-state index contributed by atoms with van der Waals surface area (Å²) < 4.78 is 30.9. The van der Waals surface area contributed by atoms with Crippen LogP contribution in [0.1, 0.15) is 46.1 Å². The van der Waals surface area contributed by atoms with Gasteiger partial charge in [-0.15, -0.1) is 11.8 Å². The molecule has 0 radical (unpaired) electrons. The second-order valence-electron chi connectivity index (χ2n) is 8.86. The largest absolute Gasteiger partial charge is 0.502 e. The number of hydrogen-bond donors (Lipinski definition) is 2. The third kappa shape index (κ3) is 3.22. The predicted octanol–water partition coefficient (Wildman–Crippen LogP) is 3.57. The van der Waals surface area contributed by atoms with Crippen LogP contribution in [0.5, 0.6) is 5.75 Å². The highest BCUT2D eigenvalue weighted by Crippen LogP contribution is 2.45. The van der Waals surface area contributed by atoms with Crippen molar-refractivity contribution in [3.8, 4) is 5.75 Å². The van der Waals surface area contributed by atoms with Crippen LogP contribution in [0.15, 0.2) is 63.5 Å². The van der Waals surface area contributed by atoms with Gasteiger partial charge in [-0.25, -0.2) is 8.78 Å². The van der Waals surface area contributed by atoms with Gasteiger partial charge in [0.2, 0.25) is 5.43 Å². The van der Waals surface area contributed by atoms with Gasteiger partial charge in [-0.05, 0) is 23.3 Å².